The second-order valence-corrected chi connectivity index (χ2v) is 17.8. The standard InChI is InChI=1S/C32H48N6O6S2/c1-20(43-29(41)23-31(2,3)45-27-21(25(39)37(23)27)33-18-35-14-10-6-7-11-15-35)44-30(42)24-32(4,5)46-28-22(26(40)38(24)28)34-19-36-16-12-8-9-13-17-36/h18-24,27-28H,6-17H2,1-5H3/t20?,21?,22?,23-,24-,27+,28+/m0/s1. The Labute approximate surface area is 280 Å². The quantitative estimate of drug-likeness (QED) is 0.125. The van der Waals surface area contributed by atoms with Gasteiger partial charge < -0.3 is 29.1 Å². The molecule has 12 nitrogen and oxygen atoms in total. The molecule has 6 aliphatic rings. The smallest absolute Gasteiger partial charge is 0.333 e. The van der Waals surface area contributed by atoms with Crippen molar-refractivity contribution in [2.24, 2.45) is 9.98 Å². The first kappa shape index (κ1) is 33.4. The highest BCUT2D eigenvalue weighted by Gasteiger charge is 2.66. The number of aliphatic imine (C=N–C) groups is 2. The number of carbonyl (C=O) groups excluding carboxylic acids is 4. The Morgan fingerprint density at radius 3 is 1.39 bits per heavy atom. The van der Waals surface area contributed by atoms with Crippen LogP contribution >= 0.6 is 23.5 Å². The van der Waals surface area contributed by atoms with Gasteiger partial charge >= 0.3 is 11.9 Å². The average Bonchev–Trinajstić information content (AvgIpc) is 3.20. The lowest BCUT2D eigenvalue weighted by molar-refractivity contribution is -0.196. The van der Waals surface area contributed by atoms with Gasteiger partial charge in [-0.1, -0.05) is 25.7 Å². The van der Waals surface area contributed by atoms with Gasteiger partial charge in [0.1, 0.15) is 22.8 Å². The number of esters is 2. The normalized spacial score (nSPS) is 34.5. The lowest BCUT2D eigenvalue weighted by atomic mass is 9.96. The Hall–Kier alpha value is -2.48. The minimum atomic E-state index is -1.19. The molecule has 2 unspecified atom stereocenters. The predicted molar refractivity (Wildman–Crippen MR) is 178 cm³/mol. The van der Waals surface area contributed by atoms with Crippen LogP contribution in [-0.2, 0) is 28.7 Å². The van der Waals surface area contributed by atoms with Gasteiger partial charge in [0.15, 0.2) is 12.1 Å². The number of carbonyl (C=O) groups is 4. The van der Waals surface area contributed by atoms with Crippen LogP contribution in [0.2, 0.25) is 0 Å². The molecule has 6 heterocycles. The molecule has 0 aliphatic carbocycles. The van der Waals surface area contributed by atoms with E-state index in [1.165, 1.54) is 32.6 Å². The topological polar surface area (TPSA) is 124 Å². The highest BCUT2D eigenvalue weighted by atomic mass is 32.2. The molecule has 254 valence electrons. The molecule has 0 bridgehead atoms. The monoisotopic (exact) mass is 676 g/mol. The van der Waals surface area contributed by atoms with Crippen LogP contribution in [0.25, 0.3) is 0 Å². The van der Waals surface area contributed by atoms with Crippen molar-refractivity contribution in [2.45, 2.75) is 137 Å². The summed E-state index contributed by atoms with van der Waals surface area (Å²) in [5, 5.41) is -0.497. The van der Waals surface area contributed by atoms with Gasteiger partial charge in [-0.3, -0.25) is 19.6 Å². The van der Waals surface area contributed by atoms with Gasteiger partial charge in [0.2, 0.25) is 6.29 Å². The number of likely N-dealkylation sites (tertiary alicyclic amines) is 2. The Morgan fingerprint density at radius 2 is 1.04 bits per heavy atom. The second-order valence-electron chi connectivity index (χ2n) is 14.3. The molecule has 6 saturated heterocycles. The van der Waals surface area contributed by atoms with E-state index >= 15 is 0 Å². The van der Waals surface area contributed by atoms with Gasteiger partial charge in [-0.2, -0.15) is 0 Å². The zero-order chi connectivity index (χ0) is 32.8. The third-order valence-electron chi connectivity index (χ3n) is 9.90. The number of β-lactam (4-membered cyclic amide) rings is 2. The van der Waals surface area contributed by atoms with Crippen molar-refractivity contribution in [3.8, 4) is 0 Å². The predicted octanol–water partition coefficient (Wildman–Crippen LogP) is 3.09. The highest BCUT2D eigenvalue weighted by molar-refractivity contribution is 8.02. The first-order valence-corrected chi connectivity index (χ1v) is 18.6. The van der Waals surface area contributed by atoms with Crippen molar-refractivity contribution in [2.75, 3.05) is 26.2 Å². The van der Waals surface area contributed by atoms with Gasteiger partial charge in [0, 0.05) is 42.6 Å². The molecule has 0 radical (unpaired) electrons. The number of hydrogen-bond acceptors (Lipinski definition) is 10. The van der Waals surface area contributed by atoms with Crippen LogP contribution in [0.15, 0.2) is 9.98 Å². The van der Waals surface area contributed by atoms with Crippen LogP contribution in [0.5, 0.6) is 0 Å². The molecule has 0 aromatic carbocycles. The third kappa shape index (κ3) is 6.36. The lowest BCUT2D eigenvalue weighted by Gasteiger charge is -2.42. The van der Waals surface area contributed by atoms with Crippen LogP contribution in [-0.4, -0.2) is 133 Å². The molecular weight excluding hydrogens is 629 g/mol. The maximum absolute atomic E-state index is 13.5. The molecule has 6 aliphatic heterocycles. The van der Waals surface area contributed by atoms with Crippen LogP contribution in [0.3, 0.4) is 0 Å². The third-order valence-corrected chi connectivity index (χ3v) is 13.0. The number of nitrogens with zero attached hydrogens (tertiary/aromatic N) is 6. The number of rotatable bonds is 8. The summed E-state index contributed by atoms with van der Waals surface area (Å²) in [5.41, 5.74) is 0. The molecule has 0 N–H and O–H groups in total. The fraction of sp³-hybridized carbons (Fsp3) is 0.812. The fourth-order valence-corrected chi connectivity index (χ4v) is 10.7. The number of amides is 2. The molecule has 2 amide bonds. The highest BCUT2D eigenvalue weighted by Crippen LogP contribution is 2.53. The first-order chi connectivity index (χ1) is 21.9. The summed E-state index contributed by atoms with van der Waals surface area (Å²) in [6.45, 7) is 12.9. The second kappa shape index (κ2) is 13.2. The van der Waals surface area contributed by atoms with Crippen molar-refractivity contribution in [3.05, 3.63) is 0 Å². The molecular formula is C32H48N6O6S2. The van der Waals surface area contributed by atoms with Crippen molar-refractivity contribution in [1.29, 1.82) is 0 Å². The molecule has 6 fully saturated rings. The van der Waals surface area contributed by atoms with Crippen LogP contribution in [0.4, 0.5) is 0 Å². The van der Waals surface area contributed by atoms with Crippen molar-refractivity contribution in [1.82, 2.24) is 19.6 Å². The molecule has 46 heavy (non-hydrogen) atoms. The molecule has 6 rings (SSSR count). The summed E-state index contributed by atoms with van der Waals surface area (Å²) >= 11 is 3.09. The van der Waals surface area contributed by atoms with Crippen molar-refractivity contribution in [3.63, 3.8) is 0 Å². The maximum atomic E-state index is 13.5. The Kier molecular flexibility index (Phi) is 9.59. The van der Waals surface area contributed by atoms with E-state index in [4.69, 9.17) is 9.47 Å². The van der Waals surface area contributed by atoms with E-state index in [0.717, 1.165) is 51.9 Å². The summed E-state index contributed by atoms with van der Waals surface area (Å²) in [4.78, 5) is 70.1. The molecule has 0 saturated carbocycles. The summed E-state index contributed by atoms with van der Waals surface area (Å²) < 4.78 is 10.1. The van der Waals surface area contributed by atoms with E-state index in [9.17, 15) is 19.2 Å². The Morgan fingerprint density at radius 1 is 0.696 bits per heavy atom. The van der Waals surface area contributed by atoms with E-state index in [2.05, 4.69) is 19.8 Å². The molecule has 6 atom stereocenters. The molecule has 0 aromatic rings. The van der Waals surface area contributed by atoms with E-state index in [1.807, 2.05) is 40.4 Å². The fourth-order valence-electron chi connectivity index (χ4n) is 7.46. The SMILES string of the molecule is CC(OC(=O)[C@@H]1N2C(=O)C(N=CN3CCCCCC3)[C@H]2SC1(C)C)OC(=O)[C@@H]1N2C(=O)C(N=CN3CCCCCC3)[C@H]2SC1(C)C. The zero-order valence-corrected chi connectivity index (χ0v) is 29.3. The summed E-state index contributed by atoms with van der Waals surface area (Å²) in [5.74, 6) is -1.63. The molecule has 0 spiro atoms. The van der Waals surface area contributed by atoms with E-state index in [1.54, 1.807) is 33.3 Å². The Balaban J connectivity index is 1.04. The summed E-state index contributed by atoms with van der Waals surface area (Å²) in [7, 11) is 0. The van der Waals surface area contributed by atoms with E-state index in [-0.39, 0.29) is 22.6 Å². The minimum absolute atomic E-state index is 0.194. The van der Waals surface area contributed by atoms with Crippen molar-refractivity contribution >= 4 is 60.0 Å². The van der Waals surface area contributed by atoms with Gasteiger partial charge in [-0.25, -0.2) is 9.59 Å². The van der Waals surface area contributed by atoms with Crippen molar-refractivity contribution < 1.29 is 28.7 Å². The van der Waals surface area contributed by atoms with Gasteiger partial charge in [-0.15, -0.1) is 23.5 Å². The Bertz CT molecular complexity index is 1170. The lowest BCUT2D eigenvalue weighted by Crippen LogP contribution is -2.65. The van der Waals surface area contributed by atoms with Crippen LogP contribution in [0, 0.1) is 0 Å². The summed E-state index contributed by atoms with van der Waals surface area (Å²) in [6.07, 6.45) is 11.8. The zero-order valence-electron chi connectivity index (χ0n) is 27.6. The first-order valence-electron chi connectivity index (χ1n) is 16.8. The average molecular weight is 677 g/mol. The summed E-state index contributed by atoms with van der Waals surface area (Å²) in [6, 6.07) is -2.71. The van der Waals surface area contributed by atoms with Crippen LogP contribution < -0.4 is 0 Å². The molecule has 0 aromatic heterocycles. The molecule has 14 heteroatoms. The van der Waals surface area contributed by atoms with E-state index < -0.39 is 51.9 Å². The minimum Gasteiger partial charge on any atom is -0.424 e. The number of thioether (sulfide) groups is 2. The number of hydrogen-bond donors (Lipinski definition) is 0. The van der Waals surface area contributed by atoms with Gasteiger partial charge in [0.25, 0.3) is 11.8 Å². The van der Waals surface area contributed by atoms with Gasteiger partial charge in [-0.05, 0) is 53.4 Å². The maximum Gasteiger partial charge on any atom is 0.333 e. The van der Waals surface area contributed by atoms with Gasteiger partial charge in [0.05, 0.1) is 12.7 Å². The number of fused-ring (bicyclic) bond motifs is 2. The largest absolute Gasteiger partial charge is 0.424 e. The van der Waals surface area contributed by atoms with E-state index in [0.29, 0.717) is 0 Å². The number of ether oxygens (including phenoxy) is 2. The van der Waals surface area contributed by atoms with Crippen LogP contribution in [0.1, 0.15) is 86.0 Å².